The van der Waals surface area contributed by atoms with E-state index >= 15 is 0 Å². The number of hydrogen-bond acceptors (Lipinski definition) is 4. The molecule has 5 heteroatoms. The molecule has 1 atom stereocenters. The number of ether oxygens (including phenoxy) is 2. The molecule has 1 aliphatic heterocycles. The minimum absolute atomic E-state index is 0.0153. The zero-order chi connectivity index (χ0) is 13.3. The molecule has 0 aromatic heterocycles. The molecule has 0 radical (unpaired) electrons. The van der Waals surface area contributed by atoms with Gasteiger partial charge in [0.1, 0.15) is 6.61 Å². The molecule has 0 spiro atoms. The largest absolute Gasteiger partial charge is 0.485 e. The summed E-state index contributed by atoms with van der Waals surface area (Å²) in [7, 11) is 0. The van der Waals surface area contributed by atoms with Crippen molar-refractivity contribution in [3.8, 4) is 11.5 Å². The minimum Gasteiger partial charge on any atom is -0.485 e. The van der Waals surface area contributed by atoms with E-state index in [2.05, 4.69) is 26.2 Å². The molecule has 0 saturated carbocycles. The summed E-state index contributed by atoms with van der Waals surface area (Å²) in [6.07, 6.45) is -0.697. The summed E-state index contributed by atoms with van der Waals surface area (Å²) in [6, 6.07) is 5.78. The van der Waals surface area contributed by atoms with E-state index in [1.165, 1.54) is 0 Å². The lowest BCUT2D eigenvalue weighted by atomic mass is 9.87. The molecular weight excluding hydrogens is 232 g/mol. The molecule has 0 saturated heterocycles. The zero-order valence-electron chi connectivity index (χ0n) is 10.8. The van der Waals surface area contributed by atoms with Crippen molar-refractivity contribution >= 4 is 5.91 Å². The number of rotatable bonds is 1. The number of carbonyl (C=O) groups excluding carboxylic acids is 1. The molecule has 1 aliphatic rings. The summed E-state index contributed by atoms with van der Waals surface area (Å²) in [6.45, 7) is 6.51. The molecule has 18 heavy (non-hydrogen) atoms. The number of hydrogen-bond donors (Lipinski definition) is 2. The van der Waals surface area contributed by atoms with Gasteiger partial charge in [-0.3, -0.25) is 10.2 Å². The first-order valence-electron chi connectivity index (χ1n) is 5.86. The Bertz CT molecular complexity index is 466. The van der Waals surface area contributed by atoms with Gasteiger partial charge in [-0.2, -0.15) is 0 Å². The van der Waals surface area contributed by atoms with E-state index in [-0.39, 0.29) is 17.9 Å². The third-order valence-electron chi connectivity index (χ3n) is 2.90. The maximum Gasteiger partial charge on any atom is 0.278 e. The highest BCUT2D eigenvalue weighted by Gasteiger charge is 2.28. The van der Waals surface area contributed by atoms with E-state index in [0.29, 0.717) is 11.5 Å². The standard InChI is InChI=1S/C13H18N2O3/c1-13(2,3)8-4-5-9-10(6-8)18-11(7-17-9)12(16)15-14/h4-6,11H,7,14H2,1-3H3,(H,15,16). The van der Waals surface area contributed by atoms with Crippen molar-refractivity contribution < 1.29 is 14.3 Å². The van der Waals surface area contributed by atoms with Gasteiger partial charge < -0.3 is 9.47 Å². The molecule has 2 rings (SSSR count). The molecule has 1 aromatic carbocycles. The van der Waals surface area contributed by atoms with Gasteiger partial charge in [0.2, 0.25) is 6.10 Å². The Labute approximate surface area is 106 Å². The first-order valence-corrected chi connectivity index (χ1v) is 5.86. The van der Waals surface area contributed by atoms with Gasteiger partial charge in [0.15, 0.2) is 11.5 Å². The van der Waals surface area contributed by atoms with E-state index in [1.807, 2.05) is 18.2 Å². The molecule has 1 aromatic rings. The van der Waals surface area contributed by atoms with Crippen LogP contribution in [0.4, 0.5) is 0 Å². The first-order chi connectivity index (χ1) is 8.41. The Morgan fingerprint density at radius 2 is 2.11 bits per heavy atom. The minimum atomic E-state index is -0.697. The smallest absolute Gasteiger partial charge is 0.278 e. The highest BCUT2D eigenvalue weighted by Crippen LogP contribution is 2.36. The summed E-state index contributed by atoms with van der Waals surface area (Å²) < 4.78 is 11.1. The monoisotopic (exact) mass is 250 g/mol. The third kappa shape index (κ3) is 2.41. The Kier molecular flexibility index (Phi) is 3.17. The van der Waals surface area contributed by atoms with Crippen LogP contribution in [0.3, 0.4) is 0 Å². The van der Waals surface area contributed by atoms with Gasteiger partial charge in [-0.05, 0) is 23.1 Å². The van der Waals surface area contributed by atoms with Gasteiger partial charge in [0, 0.05) is 0 Å². The number of nitrogens with two attached hydrogens (primary N) is 1. The number of amides is 1. The second-order valence-electron chi connectivity index (χ2n) is 5.34. The molecular formula is C13H18N2O3. The van der Waals surface area contributed by atoms with Crippen molar-refractivity contribution in [3.05, 3.63) is 23.8 Å². The summed E-state index contributed by atoms with van der Waals surface area (Å²) in [5.74, 6) is 5.94. The second kappa shape index (κ2) is 4.49. The second-order valence-corrected chi connectivity index (χ2v) is 5.34. The van der Waals surface area contributed by atoms with E-state index < -0.39 is 6.10 Å². The molecule has 1 unspecified atom stereocenters. The molecule has 0 bridgehead atoms. The quantitative estimate of drug-likeness (QED) is 0.445. The van der Waals surface area contributed by atoms with Crippen molar-refractivity contribution in [2.75, 3.05) is 6.61 Å². The van der Waals surface area contributed by atoms with Crippen LogP contribution in [0, 0.1) is 0 Å². The number of benzene rings is 1. The fourth-order valence-electron chi connectivity index (χ4n) is 1.76. The SMILES string of the molecule is CC(C)(C)c1ccc2c(c1)OC(C(=O)NN)CO2. The lowest BCUT2D eigenvalue weighted by Gasteiger charge is -2.27. The van der Waals surface area contributed by atoms with Gasteiger partial charge in [-0.25, -0.2) is 5.84 Å². The molecule has 0 fully saturated rings. The number of carbonyl (C=O) groups is 1. The van der Waals surface area contributed by atoms with Crippen LogP contribution in [-0.4, -0.2) is 18.6 Å². The van der Waals surface area contributed by atoms with Gasteiger partial charge in [-0.15, -0.1) is 0 Å². The van der Waals surface area contributed by atoms with Gasteiger partial charge in [0.25, 0.3) is 5.91 Å². The Balaban J connectivity index is 2.27. The van der Waals surface area contributed by atoms with Gasteiger partial charge >= 0.3 is 0 Å². The molecule has 5 nitrogen and oxygen atoms in total. The van der Waals surface area contributed by atoms with Crippen LogP contribution in [0.5, 0.6) is 11.5 Å². The molecule has 0 aliphatic carbocycles. The van der Waals surface area contributed by atoms with Gasteiger partial charge in [0.05, 0.1) is 0 Å². The predicted octanol–water partition coefficient (Wildman–Crippen LogP) is 1.11. The molecule has 98 valence electrons. The maximum atomic E-state index is 11.4. The Morgan fingerprint density at radius 3 is 2.72 bits per heavy atom. The van der Waals surface area contributed by atoms with Crippen molar-refractivity contribution in [2.45, 2.75) is 32.3 Å². The highest BCUT2D eigenvalue weighted by atomic mass is 16.6. The van der Waals surface area contributed by atoms with Crippen molar-refractivity contribution in [2.24, 2.45) is 5.84 Å². The summed E-state index contributed by atoms with van der Waals surface area (Å²) in [5, 5.41) is 0. The third-order valence-corrected chi connectivity index (χ3v) is 2.90. The first kappa shape index (κ1) is 12.7. The normalized spacial score (nSPS) is 18.3. The van der Waals surface area contributed by atoms with Crippen molar-refractivity contribution in [3.63, 3.8) is 0 Å². The lowest BCUT2D eigenvalue weighted by molar-refractivity contribution is -0.130. The van der Waals surface area contributed by atoms with E-state index in [0.717, 1.165) is 5.56 Å². The number of hydrazine groups is 1. The Hall–Kier alpha value is -1.75. The average Bonchev–Trinajstić information content (AvgIpc) is 2.35. The van der Waals surface area contributed by atoms with Crippen LogP contribution >= 0.6 is 0 Å². The topological polar surface area (TPSA) is 73.6 Å². The van der Waals surface area contributed by atoms with Crippen LogP contribution < -0.4 is 20.7 Å². The lowest BCUT2D eigenvalue weighted by Crippen LogP contribution is -2.46. The fourth-order valence-corrected chi connectivity index (χ4v) is 1.76. The summed E-state index contributed by atoms with van der Waals surface area (Å²) >= 11 is 0. The average molecular weight is 250 g/mol. The number of fused-ring (bicyclic) bond motifs is 1. The van der Waals surface area contributed by atoms with E-state index in [4.69, 9.17) is 15.3 Å². The van der Waals surface area contributed by atoms with Crippen LogP contribution in [0.1, 0.15) is 26.3 Å². The summed E-state index contributed by atoms with van der Waals surface area (Å²) in [4.78, 5) is 11.4. The van der Waals surface area contributed by atoms with Crippen molar-refractivity contribution in [1.82, 2.24) is 5.43 Å². The number of nitrogens with one attached hydrogen (secondary N) is 1. The van der Waals surface area contributed by atoms with Crippen molar-refractivity contribution in [1.29, 1.82) is 0 Å². The van der Waals surface area contributed by atoms with E-state index in [1.54, 1.807) is 0 Å². The van der Waals surface area contributed by atoms with Gasteiger partial charge in [-0.1, -0.05) is 26.8 Å². The van der Waals surface area contributed by atoms with Crippen LogP contribution in [-0.2, 0) is 10.2 Å². The van der Waals surface area contributed by atoms with Crippen LogP contribution in [0.25, 0.3) is 0 Å². The Morgan fingerprint density at radius 1 is 1.39 bits per heavy atom. The zero-order valence-corrected chi connectivity index (χ0v) is 10.8. The molecule has 1 amide bonds. The molecule has 1 heterocycles. The van der Waals surface area contributed by atoms with Crippen LogP contribution in [0.15, 0.2) is 18.2 Å². The summed E-state index contributed by atoms with van der Waals surface area (Å²) in [5.41, 5.74) is 3.21. The van der Waals surface area contributed by atoms with Crippen LogP contribution in [0.2, 0.25) is 0 Å². The highest BCUT2D eigenvalue weighted by molar-refractivity contribution is 5.81. The predicted molar refractivity (Wildman–Crippen MR) is 67.4 cm³/mol. The molecule has 3 N–H and O–H groups in total. The maximum absolute atomic E-state index is 11.4. The fraction of sp³-hybridized carbons (Fsp3) is 0.462. The van der Waals surface area contributed by atoms with E-state index in [9.17, 15) is 4.79 Å².